The van der Waals surface area contributed by atoms with Crippen LogP contribution in [0.4, 0.5) is 0 Å². The van der Waals surface area contributed by atoms with Crippen molar-refractivity contribution in [3.8, 4) is 0 Å². The third-order valence-electron chi connectivity index (χ3n) is 4.62. The van der Waals surface area contributed by atoms with Gasteiger partial charge in [-0.3, -0.25) is 9.69 Å². The van der Waals surface area contributed by atoms with Crippen molar-refractivity contribution in [1.29, 1.82) is 0 Å². The van der Waals surface area contributed by atoms with Crippen LogP contribution < -0.4 is 0 Å². The summed E-state index contributed by atoms with van der Waals surface area (Å²) >= 11 is 0. The standard InChI is InChI=1S/C18H25N3O3/c1-19-16-5-3-2-4-15(16)14-17(19)18(23)21(8-11-22)7-6-20-9-12-24-13-10-20/h2-5,14,22H,6-13H2,1H3. The normalized spacial score (nSPS) is 15.8. The molecule has 0 aliphatic carbocycles. The zero-order valence-electron chi connectivity index (χ0n) is 14.1. The van der Waals surface area contributed by atoms with Crippen LogP contribution in [0.25, 0.3) is 10.9 Å². The van der Waals surface area contributed by atoms with Crippen LogP contribution in [0.15, 0.2) is 30.3 Å². The molecule has 0 unspecified atom stereocenters. The average molecular weight is 331 g/mol. The number of aliphatic hydroxyl groups excluding tert-OH is 1. The number of aromatic nitrogens is 1. The molecule has 1 N–H and O–H groups in total. The SMILES string of the molecule is Cn1c(C(=O)N(CCO)CCN2CCOCC2)cc2ccccc21. The molecule has 24 heavy (non-hydrogen) atoms. The summed E-state index contributed by atoms with van der Waals surface area (Å²) in [5.41, 5.74) is 1.70. The van der Waals surface area contributed by atoms with Gasteiger partial charge < -0.3 is 19.3 Å². The van der Waals surface area contributed by atoms with Gasteiger partial charge in [0.15, 0.2) is 0 Å². The van der Waals surface area contributed by atoms with Crippen LogP contribution >= 0.6 is 0 Å². The van der Waals surface area contributed by atoms with Crippen LogP contribution in [0.3, 0.4) is 0 Å². The van der Waals surface area contributed by atoms with E-state index in [1.54, 1.807) is 4.90 Å². The van der Waals surface area contributed by atoms with Crippen LogP contribution in [-0.4, -0.2) is 77.9 Å². The highest BCUT2D eigenvalue weighted by Crippen LogP contribution is 2.19. The number of morpholine rings is 1. The molecule has 0 spiro atoms. The lowest BCUT2D eigenvalue weighted by Gasteiger charge is -2.30. The van der Waals surface area contributed by atoms with Gasteiger partial charge in [-0.25, -0.2) is 0 Å². The number of amides is 1. The zero-order chi connectivity index (χ0) is 16.9. The molecule has 1 aromatic heterocycles. The largest absolute Gasteiger partial charge is 0.395 e. The van der Waals surface area contributed by atoms with E-state index in [1.165, 1.54) is 0 Å². The fraction of sp³-hybridized carbons (Fsp3) is 0.500. The van der Waals surface area contributed by atoms with E-state index in [0.717, 1.165) is 43.8 Å². The van der Waals surface area contributed by atoms with Crippen LogP contribution in [0, 0.1) is 0 Å². The first-order valence-electron chi connectivity index (χ1n) is 8.45. The number of aliphatic hydroxyl groups is 1. The molecule has 1 aliphatic rings. The van der Waals surface area contributed by atoms with E-state index in [4.69, 9.17) is 4.74 Å². The first kappa shape index (κ1) is 17.0. The van der Waals surface area contributed by atoms with Gasteiger partial charge in [0.05, 0.1) is 19.8 Å². The van der Waals surface area contributed by atoms with Crippen LogP contribution in [0.1, 0.15) is 10.5 Å². The Morgan fingerprint density at radius 2 is 2.00 bits per heavy atom. The van der Waals surface area contributed by atoms with Crippen LogP contribution in [0.5, 0.6) is 0 Å². The van der Waals surface area contributed by atoms with E-state index >= 15 is 0 Å². The lowest BCUT2D eigenvalue weighted by molar-refractivity contribution is 0.0314. The van der Waals surface area contributed by atoms with Gasteiger partial charge in [-0.05, 0) is 12.1 Å². The number of benzene rings is 1. The highest BCUT2D eigenvalue weighted by Gasteiger charge is 2.21. The van der Waals surface area contributed by atoms with Gasteiger partial charge in [0.1, 0.15) is 5.69 Å². The maximum Gasteiger partial charge on any atom is 0.270 e. The quantitative estimate of drug-likeness (QED) is 0.856. The number of ether oxygens (including phenoxy) is 1. The van der Waals surface area contributed by atoms with E-state index < -0.39 is 0 Å². The molecular formula is C18H25N3O3. The number of para-hydroxylation sites is 1. The number of aryl methyl sites for hydroxylation is 1. The fourth-order valence-corrected chi connectivity index (χ4v) is 3.18. The number of fused-ring (bicyclic) bond motifs is 1. The van der Waals surface area contributed by atoms with Gasteiger partial charge >= 0.3 is 0 Å². The van der Waals surface area contributed by atoms with E-state index in [0.29, 0.717) is 18.8 Å². The number of hydrogen-bond acceptors (Lipinski definition) is 4. The van der Waals surface area contributed by atoms with Gasteiger partial charge in [-0.2, -0.15) is 0 Å². The Labute approximate surface area is 142 Å². The Hall–Kier alpha value is -1.89. The monoisotopic (exact) mass is 331 g/mol. The van der Waals surface area contributed by atoms with Crippen molar-refractivity contribution in [2.75, 3.05) is 52.5 Å². The predicted octanol–water partition coefficient (Wildman–Crippen LogP) is 0.945. The van der Waals surface area contributed by atoms with E-state index in [9.17, 15) is 9.90 Å². The summed E-state index contributed by atoms with van der Waals surface area (Å²) in [6, 6.07) is 9.89. The molecule has 3 rings (SSSR count). The van der Waals surface area contributed by atoms with Crippen molar-refractivity contribution in [2.45, 2.75) is 0 Å². The Morgan fingerprint density at radius 3 is 2.71 bits per heavy atom. The second kappa shape index (κ2) is 7.79. The summed E-state index contributed by atoms with van der Waals surface area (Å²) in [6.45, 7) is 5.03. The smallest absolute Gasteiger partial charge is 0.270 e. The Balaban J connectivity index is 1.73. The minimum atomic E-state index is -0.0315. The minimum Gasteiger partial charge on any atom is -0.395 e. The summed E-state index contributed by atoms with van der Waals surface area (Å²) in [6.07, 6.45) is 0. The molecule has 2 heterocycles. The number of hydrogen-bond donors (Lipinski definition) is 1. The van der Waals surface area contributed by atoms with Gasteiger partial charge in [0.2, 0.25) is 0 Å². The second-order valence-electron chi connectivity index (χ2n) is 6.12. The fourth-order valence-electron chi connectivity index (χ4n) is 3.18. The molecule has 1 fully saturated rings. The number of nitrogens with zero attached hydrogens (tertiary/aromatic N) is 3. The van der Waals surface area contributed by atoms with Crippen molar-refractivity contribution in [2.24, 2.45) is 7.05 Å². The Bertz CT molecular complexity index is 692. The van der Waals surface area contributed by atoms with Crippen LogP contribution in [-0.2, 0) is 11.8 Å². The molecule has 1 amide bonds. The Morgan fingerprint density at radius 1 is 1.25 bits per heavy atom. The van der Waals surface area contributed by atoms with Crippen molar-refractivity contribution < 1.29 is 14.6 Å². The van der Waals surface area contributed by atoms with Crippen molar-refractivity contribution in [3.63, 3.8) is 0 Å². The number of carbonyl (C=O) groups excluding carboxylic acids is 1. The molecule has 2 aromatic rings. The lowest BCUT2D eigenvalue weighted by Crippen LogP contribution is -2.44. The molecule has 1 aliphatic heterocycles. The molecule has 130 valence electrons. The molecule has 1 saturated heterocycles. The molecule has 0 saturated carbocycles. The lowest BCUT2D eigenvalue weighted by atomic mass is 10.2. The highest BCUT2D eigenvalue weighted by atomic mass is 16.5. The average Bonchev–Trinajstić information content (AvgIpc) is 2.96. The molecule has 1 aromatic carbocycles. The van der Waals surface area contributed by atoms with Crippen molar-refractivity contribution >= 4 is 16.8 Å². The summed E-state index contributed by atoms with van der Waals surface area (Å²) in [5.74, 6) is -0.0315. The van der Waals surface area contributed by atoms with Gasteiger partial charge in [-0.1, -0.05) is 18.2 Å². The predicted molar refractivity (Wildman–Crippen MR) is 93.2 cm³/mol. The Kier molecular flexibility index (Phi) is 5.50. The van der Waals surface area contributed by atoms with E-state index in [1.807, 2.05) is 41.9 Å². The molecule has 6 nitrogen and oxygen atoms in total. The minimum absolute atomic E-state index is 0.0290. The summed E-state index contributed by atoms with van der Waals surface area (Å²) in [5, 5.41) is 10.4. The zero-order valence-corrected chi connectivity index (χ0v) is 14.1. The van der Waals surface area contributed by atoms with E-state index in [2.05, 4.69) is 4.90 Å². The van der Waals surface area contributed by atoms with E-state index in [-0.39, 0.29) is 12.5 Å². The topological polar surface area (TPSA) is 57.9 Å². The highest BCUT2D eigenvalue weighted by molar-refractivity contribution is 5.98. The third-order valence-corrected chi connectivity index (χ3v) is 4.62. The number of carbonyl (C=O) groups is 1. The van der Waals surface area contributed by atoms with Gasteiger partial charge in [-0.15, -0.1) is 0 Å². The maximum absolute atomic E-state index is 12.9. The third kappa shape index (κ3) is 3.61. The molecule has 6 heteroatoms. The second-order valence-corrected chi connectivity index (χ2v) is 6.12. The molecule has 0 atom stereocenters. The van der Waals surface area contributed by atoms with Gasteiger partial charge in [0.25, 0.3) is 5.91 Å². The molecule has 0 bridgehead atoms. The van der Waals surface area contributed by atoms with Crippen LogP contribution in [0.2, 0.25) is 0 Å². The summed E-state index contributed by atoms with van der Waals surface area (Å²) in [7, 11) is 1.91. The maximum atomic E-state index is 12.9. The first-order valence-corrected chi connectivity index (χ1v) is 8.45. The first-order chi connectivity index (χ1) is 11.7. The molecular weight excluding hydrogens is 306 g/mol. The summed E-state index contributed by atoms with van der Waals surface area (Å²) < 4.78 is 7.28. The van der Waals surface area contributed by atoms with Crippen molar-refractivity contribution in [1.82, 2.24) is 14.4 Å². The number of rotatable bonds is 6. The van der Waals surface area contributed by atoms with Gasteiger partial charge in [0, 0.05) is 50.7 Å². The summed E-state index contributed by atoms with van der Waals surface area (Å²) in [4.78, 5) is 17.0. The van der Waals surface area contributed by atoms with Crippen molar-refractivity contribution in [3.05, 3.63) is 36.0 Å². The molecule has 0 radical (unpaired) electrons.